The van der Waals surface area contributed by atoms with E-state index in [0.29, 0.717) is 16.6 Å². The number of hydrogen-bond acceptors (Lipinski definition) is 1. The topological polar surface area (TPSA) is 20.2 Å². The molecule has 0 amide bonds. The quantitative estimate of drug-likeness (QED) is 0.431. The van der Waals surface area contributed by atoms with Crippen molar-refractivity contribution in [3.63, 3.8) is 0 Å². The van der Waals surface area contributed by atoms with Crippen LogP contribution in [0.4, 0.5) is 0 Å². The third-order valence-electron chi connectivity index (χ3n) is 6.28. The Hall–Kier alpha value is -0.980. The molecular formula is C23H38O. The lowest BCUT2D eigenvalue weighted by molar-refractivity contribution is 0.309. The van der Waals surface area contributed by atoms with E-state index in [2.05, 4.69) is 33.8 Å². The number of aromatic hydroxyl groups is 1. The van der Waals surface area contributed by atoms with Gasteiger partial charge in [0.1, 0.15) is 5.75 Å². The van der Waals surface area contributed by atoms with Gasteiger partial charge in [0.15, 0.2) is 0 Å². The maximum atomic E-state index is 9.84. The lowest BCUT2D eigenvalue weighted by atomic mass is 9.84. The molecule has 0 spiro atoms. The van der Waals surface area contributed by atoms with E-state index in [0.717, 1.165) is 12.8 Å². The van der Waals surface area contributed by atoms with Gasteiger partial charge in [0.05, 0.1) is 0 Å². The molecule has 1 nitrogen and oxygen atoms in total. The van der Waals surface area contributed by atoms with Gasteiger partial charge in [0.2, 0.25) is 0 Å². The number of rotatable bonds is 11. The number of phenols is 1. The van der Waals surface area contributed by atoms with Gasteiger partial charge in [-0.25, -0.2) is 0 Å². The first-order valence-electron chi connectivity index (χ1n) is 10.1. The zero-order valence-corrected chi connectivity index (χ0v) is 16.5. The number of phenolic OH excluding ortho intramolecular Hbond substituents is 1. The lowest BCUT2D eigenvalue weighted by Crippen LogP contribution is -2.09. The summed E-state index contributed by atoms with van der Waals surface area (Å²) in [4.78, 5) is 0. The van der Waals surface area contributed by atoms with Crippen molar-refractivity contribution in [3.8, 4) is 5.75 Å². The molecule has 1 aliphatic rings. The maximum Gasteiger partial charge on any atom is 0.115 e. The van der Waals surface area contributed by atoms with Crippen molar-refractivity contribution in [2.75, 3.05) is 0 Å². The number of hydrogen-bond donors (Lipinski definition) is 1. The molecule has 0 bridgehead atoms. The van der Waals surface area contributed by atoms with Crippen LogP contribution in [0.2, 0.25) is 0 Å². The predicted octanol–water partition coefficient (Wildman–Crippen LogP) is 7.05. The highest BCUT2D eigenvalue weighted by atomic mass is 16.3. The Bertz CT molecular complexity index is 511. The molecule has 0 atom stereocenters. The number of aryl methyl sites for hydroxylation is 2. The molecule has 0 aromatic heterocycles. The highest BCUT2D eigenvalue weighted by Gasteiger charge is 2.35. The monoisotopic (exact) mass is 330 g/mol. The minimum absolute atomic E-state index is 0.426. The van der Waals surface area contributed by atoms with Crippen molar-refractivity contribution < 1.29 is 5.11 Å². The molecule has 136 valence electrons. The van der Waals surface area contributed by atoms with Gasteiger partial charge in [-0.05, 0) is 85.5 Å². The summed E-state index contributed by atoms with van der Waals surface area (Å²) in [5, 5.41) is 9.84. The van der Waals surface area contributed by atoms with E-state index in [1.807, 2.05) is 12.1 Å². The Morgan fingerprint density at radius 1 is 1.00 bits per heavy atom. The molecule has 24 heavy (non-hydrogen) atoms. The van der Waals surface area contributed by atoms with E-state index in [-0.39, 0.29) is 0 Å². The predicted molar refractivity (Wildman–Crippen MR) is 105 cm³/mol. The Balaban J connectivity index is 1.78. The van der Waals surface area contributed by atoms with Crippen LogP contribution in [0.1, 0.15) is 96.6 Å². The fourth-order valence-electron chi connectivity index (χ4n) is 3.52. The fraction of sp³-hybridized carbons (Fsp3) is 0.739. The summed E-state index contributed by atoms with van der Waals surface area (Å²) in [5.74, 6) is 0.426. The molecule has 0 heterocycles. The first-order valence-corrected chi connectivity index (χ1v) is 10.1. The fourth-order valence-corrected chi connectivity index (χ4v) is 3.52. The van der Waals surface area contributed by atoms with E-state index in [9.17, 15) is 5.11 Å². The van der Waals surface area contributed by atoms with Crippen molar-refractivity contribution in [1.82, 2.24) is 0 Å². The third-order valence-corrected chi connectivity index (χ3v) is 6.28. The smallest absolute Gasteiger partial charge is 0.115 e. The summed E-state index contributed by atoms with van der Waals surface area (Å²) in [6, 6.07) is 6.02. The first-order chi connectivity index (χ1) is 11.3. The number of benzene rings is 1. The Kier molecular flexibility index (Phi) is 6.78. The second-order valence-corrected chi connectivity index (χ2v) is 9.20. The van der Waals surface area contributed by atoms with Crippen molar-refractivity contribution in [1.29, 1.82) is 0 Å². The average molecular weight is 331 g/mol. The molecule has 1 aromatic rings. The van der Waals surface area contributed by atoms with Crippen LogP contribution >= 0.6 is 0 Å². The molecule has 2 rings (SSSR count). The molecule has 0 unspecified atom stereocenters. The van der Waals surface area contributed by atoms with Crippen LogP contribution in [-0.2, 0) is 12.8 Å². The molecule has 0 saturated heterocycles. The summed E-state index contributed by atoms with van der Waals surface area (Å²) in [7, 11) is 0. The molecule has 1 heteroatoms. The van der Waals surface area contributed by atoms with Crippen LogP contribution in [0.25, 0.3) is 0 Å². The highest BCUT2D eigenvalue weighted by Crippen LogP contribution is 2.49. The minimum Gasteiger partial charge on any atom is -0.508 e. The van der Waals surface area contributed by atoms with Crippen molar-refractivity contribution in [2.24, 2.45) is 10.8 Å². The van der Waals surface area contributed by atoms with Crippen LogP contribution in [0.15, 0.2) is 18.2 Å². The third kappa shape index (κ3) is 6.49. The molecule has 1 saturated carbocycles. The molecule has 1 N–H and O–H groups in total. The van der Waals surface area contributed by atoms with Crippen LogP contribution < -0.4 is 0 Å². The minimum atomic E-state index is 0.426. The SMILES string of the molecule is CCC(C)(C)CCCCc1ccc(O)cc1CCCCC1(C)CC1. The average Bonchev–Trinajstić information content (AvgIpc) is 3.27. The van der Waals surface area contributed by atoms with E-state index >= 15 is 0 Å². The van der Waals surface area contributed by atoms with E-state index < -0.39 is 0 Å². The normalized spacial score (nSPS) is 16.3. The van der Waals surface area contributed by atoms with E-state index in [4.69, 9.17) is 0 Å². The van der Waals surface area contributed by atoms with Crippen molar-refractivity contribution >= 4 is 0 Å². The van der Waals surface area contributed by atoms with Gasteiger partial charge < -0.3 is 5.11 Å². The van der Waals surface area contributed by atoms with Crippen LogP contribution in [0.3, 0.4) is 0 Å². The van der Waals surface area contributed by atoms with E-state index in [1.54, 1.807) is 0 Å². The summed E-state index contributed by atoms with van der Waals surface area (Å²) in [5.41, 5.74) is 4.00. The highest BCUT2D eigenvalue weighted by molar-refractivity contribution is 5.35. The Morgan fingerprint density at radius 3 is 2.33 bits per heavy atom. The molecule has 1 fully saturated rings. The zero-order chi connectivity index (χ0) is 17.6. The van der Waals surface area contributed by atoms with Gasteiger partial charge >= 0.3 is 0 Å². The largest absolute Gasteiger partial charge is 0.508 e. The van der Waals surface area contributed by atoms with Crippen LogP contribution in [-0.4, -0.2) is 5.11 Å². The lowest BCUT2D eigenvalue weighted by Gasteiger charge is -2.22. The van der Waals surface area contributed by atoms with Crippen LogP contribution in [0, 0.1) is 10.8 Å². The molecule has 1 aromatic carbocycles. The van der Waals surface area contributed by atoms with Gasteiger partial charge in [0.25, 0.3) is 0 Å². The van der Waals surface area contributed by atoms with E-state index in [1.165, 1.54) is 68.9 Å². The molecular weight excluding hydrogens is 292 g/mol. The first kappa shape index (κ1) is 19.3. The van der Waals surface area contributed by atoms with Gasteiger partial charge in [-0.15, -0.1) is 0 Å². The van der Waals surface area contributed by atoms with Gasteiger partial charge in [0, 0.05) is 0 Å². The summed E-state index contributed by atoms with van der Waals surface area (Å²) in [6.45, 7) is 9.46. The molecule has 0 radical (unpaired) electrons. The second kappa shape index (κ2) is 8.41. The van der Waals surface area contributed by atoms with Crippen molar-refractivity contribution in [2.45, 2.75) is 98.3 Å². The Morgan fingerprint density at radius 2 is 1.67 bits per heavy atom. The van der Waals surface area contributed by atoms with Gasteiger partial charge in [-0.3, -0.25) is 0 Å². The maximum absolute atomic E-state index is 9.84. The molecule has 0 aliphatic heterocycles. The van der Waals surface area contributed by atoms with Crippen molar-refractivity contribution in [3.05, 3.63) is 29.3 Å². The second-order valence-electron chi connectivity index (χ2n) is 9.20. The summed E-state index contributed by atoms with van der Waals surface area (Å²) >= 11 is 0. The zero-order valence-electron chi connectivity index (χ0n) is 16.5. The standard InChI is InChI=1S/C23H38O/c1-5-22(2,3)14-8-6-10-19-12-13-21(24)18-20(19)11-7-9-15-23(4)16-17-23/h12-13,18,24H,5-11,14-17H2,1-4H3. The van der Waals surface area contributed by atoms with Crippen LogP contribution in [0.5, 0.6) is 5.75 Å². The number of unbranched alkanes of at least 4 members (excludes halogenated alkanes) is 2. The van der Waals surface area contributed by atoms with Gasteiger partial charge in [-0.2, -0.15) is 0 Å². The molecule has 1 aliphatic carbocycles. The summed E-state index contributed by atoms with van der Waals surface area (Å²) < 4.78 is 0. The summed E-state index contributed by atoms with van der Waals surface area (Å²) in [6.07, 6.45) is 14.3. The van der Waals surface area contributed by atoms with Gasteiger partial charge in [-0.1, -0.05) is 53.0 Å². The Labute approximate surface area is 149 Å².